The lowest BCUT2D eigenvalue weighted by molar-refractivity contribution is 0.387. The van der Waals surface area contributed by atoms with Gasteiger partial charge in [0.15, 0.2) is 17.4 Å². The maximum Gasteiger partial charge on any atom is 0.201 e. The number of hydrogen-bond acceptors (Lipinski definition) is 5. The second-order valence-corrected chi connectivity index (χ2v) is 3.45. The molecule has 18 heavy (non-hydrogen) atoms. The molecule has 0 spiro atoms. The summed E-state index contributed by atoms with van der Waals surface area (Å²) in [5.74, 6) is -1.42. The minimum Gasteiger partial charge on any atom is -0.492 e. The molecule has 0 aliphatic carbocycles. The van der Waals surface area contributed by atoms with E-state index in [2.05, 4.69) is 10.5 Å². The predicted octanol–water partition coefficient (Wildman–Crippen LogP) is 1.72. The van der Waals surface area contributed by atoms with Crippen LogP contribution in [0.1, 0.15) is 0 Å². The predicted molar refractivity (Wildman–Crippen MR) is 66.5 cm³/mol. The van der Waals surface area contributed by atoms with Crippen molar-refractivity contribution in [2.24, 2.45) is 10.8 Å². The zero-order valence-electron chi connectivity index (χ0n) is 9.29. The number of amidine groups is 1. The number of benzene rings is 1. The van der Waals surface area contributed by atoms with Crippen LogP contribution in [-0.4, -0.2) is 18.7 Å². The van der Waals surface area contributed by atoms with Crippen LogP contribution in [0.25, 0.3) is 0 Å². The Morgan fingerprint density at radius 2 is 2.33 bits per heavy atom. The number of nitriles is 1. The third-order valence-electron chi connectivity index (χ3n) is 1.90. The van der Waals surface area contributed by atoms with Gasteiger partial charge < -0.3 is 10.5 Å². The Morgan fingerprint density at radius 1 is 1.67 bits per heavy atom. The fraction of sp³-hybridized carbons (Fsp3) is 0.100. The van der Waals surface area contributed by atoms with Gasteiger partial charge in [-0.2, -0.15) is 10.4 Å². The Bertz CT molecular complexity index is 552. The van der Waals surface area contributed by atoms with Crippen molar-refractivity contribution in [3.8, 4) is 11.8 Å². The van der Waals surface area contributed by atoms with Crippen LogP contribution in [0.2, 0.25) is 5.02 Å². The molecule has 1 aromatic carbocycles. The number of rotatable bonds is 4. The van der Waals surface area contributed by atoms with Gasteiger partial charge in [0.05, 0.1) is 17.8 Å². The lowest BCUT2D eigenvalue weighted by Gasteiger charge is -2.08. The average molecular weight is 270 g/mol. The van der Waals surface area contributed by atoms with Gasteiger partial charge in [-0.15, -0.1) is 0 Å². The third kappa shape index (κ3) is 2.87. The number of anilines is 1. The maximum atomic E-state index is 13.8. The number of halogens is 2. The molecule has 0 saturated heterocycles. The zero-order valence-corrected chi connectivity index (χ0v) is 10.0. The monoisotopic (exact) mass is 269 g/mol. The minimum absolute atomic E-state index is 0.0507. The van der Waals surface area contributed by atoms with Crippen LogP contribution in [0, 0.1) is 22.6 Å². The first kappa shape index (κ1) is 13.7. The van der Waals surface area contributed by atoms with Gasteiger partial charge in [-0.25, -0.2) is 4.39 Å². The minimum atomic E-state index is -0.755. The molecule has 6 nitrogen and oxygen atoms in total. The fourth-order valence-corrected chi connectivity index (χ4v) is 1.29. The van der Waals surface area contributed by atoms with Crippen LogP contribution in [0.3, 0.4) is 0 Å². The summed E-state index contributed by atoms with van der Waals surface area (Å²) >= 11 is 5.71. The Labute approximate surface area is 107 Å². The van der Waals surface area contributed by atoms with E-state index in [9.17, 15) is 4.39 Å². The third-order valence-corrected chi connectivity index (χ3v) is 2.20. The van der Waals surface area contributed by atoms with Crippen LogP contribution < -0.4 is 15.9 Å². The van der Waals surface area contributed by atoms with Crippen molar-refractivity contribution < 1.29 is 9.13 Å². The standard InChI is InChI=1S/C10H9ClFN5O/c1-18-9-5(11)2-3-6(8(9)12)16-17-7(4-13)10(14)15/h2-3,16H,1H3,(H3,14,15)/b17-7+. The van der Waals surface area contributed by atoms with Crippen molar-refractivity contribution in [3.05, 3.63) is 23.0 Å². The van der Waals surface area contributed by atoms with Crippen LogP contribution in [0.5, 0.6) is 5.75 Å². The van der Waals surface area contributed by atoms with Gasteiger partial charge in [0.1, 0.15) is 6.07 Å². The lowest BCUT2D eigenvalue weighted by atomic mass is 10.3. The zero-order chi connectivity index (χ0) is 13.7. The van der Waals surface area contributed by atoms with Gasteiger partial charge in [-0.1, -0.05) is 11.6 Å². The number of hydrogen-bond donors (Lipinski definition) is 3. The van der Waals surface area contributed by atoms with E-state index in [-0.39, 0.29) is 22.2 Å². The van der Waals surface area contributed by atoms with Gasteiger partial charge in [-0.05, 0) is 12.1 Å². The van der Waals surface area contributed by atoms with Gasteiger partial charge in [0.25, 0.3) is 0 Å². The molecule has 0 aliphatic rings. The van der Waals surface area contributed by atoms with Gasteiger partial charge in [-0.3, -0.25) is 10.8 Å². The summed E-state index contributed by atoms with van der Waals surface area (Å²) in [4.78, 5) is 0. The molecule has 0 heterocycles. The normalized spacial score (nSPS) is 10.7. The maximum absolute atomic E-state index is 13.8. The van der Waals surface area contributed by atoms with E-state index in [1.54, 1.807) is 6.07 Å². The van der Waals surface area contributed by atoms with E-state index in [4.69, 9.17) is 32.7 Å². The van der Waals surface area contributed by atoms with E-state index in [0.29, 0.717) is 0 Å². The summed E-state index contributed by atoms with van der Waals surface area (Å²) in [6.45, 7) is 0. The van der Waals surface area contributed by atoms with Crippen molar-refractivity contribution in [1.29, 1.82) is 10.7 Å². The summed E-state index contributed by atoms with van der Waals surface area (Å²) in [6.07, 6.45) is 0. The molecule has 8 heteroatoms. The molecular formula is C10H9ClFN5O. The molecule has 0 bridgehead atoms. The molecule has 0 unspecified atom stereocenters. The molecule has 1 aromatic rings. The summed E-state index contributed by atoms with van der Waals surface area (Å²) < 4.78 is 18.5. The lowest BCUT2D eigenvalue weighted by Crippen LogP contribution is -2.22. The highest BCUT2D eigenvalue weighted by Gasteiger charge is 2.13. The molecule has 0 amide bonds. The van der Waals surface area contributed by atoms with E-state index < -0.39 is 11.7 Å². The Morgan fingerprint density at radius 3 is 2.83 bits per heavy atom. The molecule has 4 N–H and O–H groups in total. The van der Waals surface area contributed by atoms with Crippen molar-refractivity contribution in [2.45, 2.75) is 0 Å². The fourth-order valence-electron chi connectivity index (χ4n) is 1.07. The largest absolute Gasteiger partial charge is 0.492 e. The van der Waals surface area contributed by atoms with Crippen LogP contribution in [0.15, 0.2) is 17.2 Å². The summed E-state index contributed by atoms with van der Waals surface area (Å²) in [5, 5.41) is 19.2. The van der Waals surface area contributed by atoms with Gasteiger partial charge >= 0.3 is 0 Å². The van der Waals surface area contributed by atoms with Crippen molar-refractivity contribution in [3.63, 3.8) is 0 Å². The number of nitrogens with one attached hydrogen (secondary N) is 2. The molecular weight excluding hydrogens is 261 g/mol. The number of nitrogens with two attached hydrogens (primary N) is 1. The van der Waals surface area contributed by atoms with Crippen LogP contribution >= 0.6 is 11.6 Å². The summed E-state index contributed by atoms with van der Waals surface area (Å²) in [6, 6.07) is 4.31. The molecule has 1 rings (SSSR count). The first-order valence-electron chi connectivity index (χ1n) is 4.61. The molecule has 0 aromatic heterocycles. The molecule has 0 atom stereocenters. The molecule has 0 saturated carbocycles. The highest BCUT2D eigenvalue weighted by atomic mass is 35.5. The van der Waals surface area contributed by atoms with Crippen molar-refractivity contribution in [2.75, 3.05) is 12.5 Å². The number of methoxy groups -OCH3 is 1. The quantitative estimate of drug-likeness (QED) is 0.439. The first-order chi connectivity index (χ1) is 8.51. The summed E-state index contributed by atoms with van der Waals surface area (Å²) in [7, 11) is 1.27. The van der Waals surface area contributed by atoms with Gasteiger partial charge in [0.2, 0.25) is 5.71 Å². The average Bonchev–Trinajstić information content (AvgIpc) is 2.32. The van der Waals surface area contributed by atoms with Crippen molar-refractivity contribution in [1.82, 2.24) is 0 Å². The van der Waals surface area contributed by atoms with Crippen LogP contribution in [-0.2, 0) is 0 Å². The number of ether oxygens (including phenoxy) is 1. The van der Waals surface area contributed by atoms with Gasteiger partial charge in [0, 0.05) is 0 Å². The smallest absolute Gasteiger partial charge is 0.201 e. The topological polar surface area (TPSA) is 107 Å². The Balaban J connectivity index is 3.07. The Hall–Kier alpha value is -2.33. The highest BCUT2D eigenvalue weighted by Crippen LogP contribution is 2.32. The van der Waals surface area contributed by atoms with E-state index >= 15 is 0 Å². The van der Waals surface area contributed by atoms with Crippen LogP contribution in [0.4, 0.5) is 10.1 Å². The molecule has 0 radical (unpaired) electrons. The SMILES string of the molecule is COc1c(Cl)ccc(N/N=C(\C#N)C(=N)N)c1F. The second kappa shape index (κ2) is 5.84. The first-order valence-corrected chi connectivity index (χ1v) is 4.99. The molecule has 94 valence electrons. The number of hydrazone groups is 1. The second-order valence-electron chi connectivity index (χ2n) is 3.04. The Kier molecular flexibility index (Phi) is 4.45. The highest BCUT2D eigenvalue weighted by molar-refractivity contribution is 6.45. The molecule has 0 aliphatic heterocycles. The number of nitrogens with zero attached hydrogens (tertiary/aromatic N) is 2. The van der Waals surface area contributed by atoms with E-state index in [1.165, 1.54) is 19.2 Å². The van der Waals surface area contributed by atoms with E-state index in [0.717, 1.165) is 0 Å². The molecule has 0 fully saturated rings. The summed E-state index contributed by atoms with van der Waals surface area (Å²) in [5.41, 5.74) is 6.95. The van der Waals surface area contributed by atoms with E-state index in [1.807, 2.05) is 0 Å². The van der Waals surface area contributed by atoms with Crippen molar-refractivity contribution >= 4 is 28.8 Å².